The lowest BCUT2D eigenvalue weighted by Gasteiger charge is -2.18. The smallest absolute Gasteiger partial charge is 0.161 e. The molecule has 0 aliphatic carbocycles. The van der Waals surface area contributed by atoms with Gasteiger partial charge in [0.2, 0.25) is 0 Å². The maximum absolute atomic E-state index is 5.77. The number of hydrogen-bond donors (Lipinski definition) is 1. The first kappa shape index (κ1) is 15.5. The number of nitrogens with one attached hydrogen (secondary N) is 1. The fourth-order valence-corrected chi connectivity index (χ4v) is 3.44. The van der Waals surface area contributed by atoms with Crippen LogP contribution < -0.4 is 14.8 Å². The third kappa shape index (κ3) is 4.32. The van der Waals surface area contributed by atoms with Gasteiger partial charge in [0, 0.05) is 18.2 Å². The molecule has 0 saturated heterocycles. The first-order valence-electron chi connectivity index (χ1n) is 7.49. The lowest BCUT2D eigenvalue weighted by Crippen LogP contribution is -2.19. The molecule has 1 heterocycles. The minimum atomic E-state index is 0.369. The molecule has 3 nitrogen and oxygen atoms in total. The summed E-state index contributed by atoms with van der Waals surface area (Å²) >= 11 is 2.01. The van der Waals surface area contributed by atoms with Gasteiger partial charge in [-0.05, 0) is 36.9 Å². The minimum Gasteiger partial charge on any atom is -0.490 e. The predicted molar refractivity (Wildman–Crippen MR) is 86.1 cm³/mol. The standard InChI is InChI=1S/C16H25NO2S/c1-3-4-10-20-12-14(17-2)13-6-7-15-16(11-13)19-9-5-8-18-15/h6-7,11,14,17H,3-5,8-10,12H2,1-2H3. The zero-order chi connectivity index (χ0) is 14.2. The highest BCUT2D eigenvalue weighted by Crippen LogP contribution is 2.33. The van der Waals surface area contributed by atoms with E-state index in [9.17, 15) is 0 Å². The van der Waals surface area contributed by atoms with Gasteiger partial charge in [-0.3, -0.25) is 0 Å². The number of rotatable bonds is 7. The summed E-state index contributed by atoms with van der Waals surface area (Å²) in [5.74, 6) is 4.09. The van der Waals surface area contributed by atoms with Crippen LogP contribution in [0, 0.1) is 0 Å². The SMILES string of the molecule is CCCCSCC(NC)c1ccc2c(c1)OCCCO2. The third-order valence-corrected chi connectivity index (χ3v) is 4.60. The molecule has 1 atom stereocenters. The van der Waals surface area contributed by atoms with E-state index in [1.165, 1.54) is 24.2 Å². The first-order chi connectivity index (χ1) is 9.85. The highest BCUT2D eigenvalue weighted by molar-refractivity contribution is 7.99. The molecule has 20 heavy (non-hydrogen) atoms. The molecular weight excluding hydrogens is 270 g/mol. The van der Waals surface area contributed by atoms with Gasteiger partial charge in [0.15, 0.2) is 11.5 Å². The van der Waals surface area contributed by atoms with Gasteiger partial charge in [-0.1, -0.05) is 19.4 Å². The van der Waals surface area contributed by atoms with Gasteiger partial charge in [-0.25, -0.2) is 0 Å². The number of ether oxygens (including phenoxy) is 2. The van der Waals surface area contributed by atoms with Crippen LogP contribution in [-0.4, -0.2) is 31.8 Å². The Hall–Kier alpha value is -0.870. The normalized spacial score (nSPS) is 15.7. The van der Waals surface area contributed by atoms with Crippen molar-refractivity contribution < 1.29 is 9.47 Å². The molecule has 1 aromatic carbocycles. The van der Waals surface area contributed by atoms with Gasteiger partial charge in [-0.2, -0.15) is 11.8 Å². The van der Waals surface area contributed by atoms with Crippen molar-refractivity contribution in [1.29, 1.82) is 0 Å². The van der Waals surface area contributed by atoms with Crippen LogP contribution in [0.3, 0.4) is 0 Å². The topological polar surface area (TPSA) is 30.5 Å². The maximum Gasteiger partial charge on any atom is 0.161 e. The van der Waals surface area contributed by atoms with Crippen LogP contribution in [0.2, 0.25) is 0 Å². The van der Waals surface area contributed by atoms with Crippen molar-refractivity contribution in [2.75, 3.05) is 31.8 Å². The zero-order valence-electron chi connectivity index (χ0n) is 12.5. The zero-order valence-corrected chi connectivity index (χ0v) is 13.3. The average Bonchev–Trinajstić information content (AvgIpc) is 2.72. The number of benzene rings is 1. The highest BCUT2D eigenvalue weighted by Gasteiger charge is 2.15. The van der Waals surface area contributed by atoms with E-state index in [2.05, 4.69) is 24.4 Å². The largest absolute Gasteiger partial charge is 0.490 e. The monoisotopic (exact) mass is 295 g/mol. The number of hydrogen-bond acceptors (Lipinski definition) is 4. The fraction of sp³-hybridized carbons (Fsp3) is 0.625. The van der Waals surface area contributed by atoms with E-state index < -0.39 is 0 Å². The molecule has 1 unspecified atom stereocenters. The van der Waals surface area contributed by atoms with Gasteiger partial charge in [0.25, 0.3) is 0 Å². The Morgan fingerprint density at radius 1 is 1.25 bits per heavy atom. The van der Waals surface area contributed by atoms with Crippen LogP contribution >= 0.6 is 11.8 Å². The molecule has 0 amide bonds. The molecule has 1 aromatic rings. The van der Waals surface area contributed by atoms with Crippen molar-refractivity contribution in [2.24, 2.45) is 0 Å². The number of unbranched alkanes of at least 4 members (excludes halogenated alkanes) is 1. The minimum absolute atomic E-state index is 0.369. The maximum atomic E-state index is 5.77. The molecular formula is C16H25NO2S. The number of fused-ring (bicyclic) bond motifs is 1. The van der Waals surface area contributed by atoms with Crippen molar-refractivity contribution in [3.63, 3.8) is 0 Å². The molecule has 4 heteroatoms. The van der Waals surface area contributed by atoms with Gasteiger partial charge in [0.1, 0.15) is 0 Å². The average molecular weight is 295 g/mol. The molecule has 0 radical (unpaired) electrons. The summed E-state index contributed by atoms with van der Waals surface area (Å²) in [4.78, 5) is 0. The van der Waals surface area contributed by atoms with Crippen molar-refractivity contribution in [3.05, 3.63) is 23.8 Å². The second-order valence-corrected chi connectivity index (χ2v) is 6.18. The van der Waals surface area contributed by atoms with Gasteiger partial charge >= 0.3 is 0 Å². The van der Waals surface area contributed by atoms with E-state index in [0.717, 1.165) is 36.9 Å². The van der Waals surface area contributed by atoms with Crippen LogP contribution in [0.15, 0.2) is 18.2 Å². The molecule has 1 N–H and O–H groups in total. The van der Waals surface area contributed by atoms with Crippen molar-refractivity contribution in [3.8, 4) is 11.5 Å². The Bertz CT molecular complexity index is 411. The Morgan fingerprint density at radius 2 is 2.05 bits per heavy atom. The van der Waals surface area contributed by atoms with E-state index in [4.69, 9.17) is 9.47 Å². The second kappa shape index (κ2) is 8.42. The molecule has 1 aliphatic rings. The van der Waals surface area contributed by atoms with E-state index in [-0.39, 0.29) is 0 Å². The summed E-state index contributed by atoms with van der Waals surface area (Å²) in [6, 6.07) is 6.68. The highest BCUT2D eigenvalue weighted by atomic mass is 32.2. The summed E-state index contributed by atoms with van der Waals surface area (Å²) in [5.41, 5.74) is 1.28. The van der Waals surface area contributed by atoms with E-state index in [1.807, 2.05) is 24.9 Å². The van der Waals surface area contributed by atoms with Crippen LogP contribution in [0.5, 0.6) is 11.5 Å². The summed E-state index contributed by atoms with van der Waals surface area (Å²) in [6.07, 6.45) is 3.51. The Labute approximate surface area is 126 Å². The Balaban J connectivity index is 2.00. The molecule has 1 aliphatic heterocycles. The molecule has 0 spiro atoms. The first-order valence-corrected chi connectivity index (χ1v) is 8.65. The molecule has 0 fully saturated rings. The van der Waals surface area contributed by atoms with Gasteiger partial charge in [-0.15, -0.1) is 0 Å². The summed E-state index contributed by atoms with van der Waals surface area (Å²) in [7, 11) is 2.02. The fourth-order valence-electron chi connectivity index (χ4n) is 2.19. The second-order valence-electron chi connectivity index (χ2n) is 5.03. The van der Waals surface area contributed by atoms with E-state index in [1.54, 1.807) is 0 Å². The molecule has 0 bridgehead atoms. The van der Waals surface area contributed by atoms with Crippen LogP contribution in [0.25, 0.3) is 0 Å². The summed E-state index contributed by atoms with van der Waals surface area (Å²) in [5, 5.41) is 3.40. The van der Waals surface area contributed by atoms with Gasteiger partial charge in [0.05, 0.1) is 13.2 Å². The van der Waals surface area contributed by atoms with Gasteiger partial charge < -0.3 is 14.8 Å². The van der Waals surface area contributed by atoms with E-state index >= 15 is 0 Å². The van der Waals surface area contributed by atoms with Crippen molar-refractivity contribution in [2.45, 2.75) is 32.2 Å². The van der Waals surface area contributed by atoms with Crippen molar-refractivity contribution in [1.82, 2.24) is 5.32 Å². The molecule has 112 valence electrons. The summed E-state index contributed by atoms with van der Waals surface area (Å²) in [6.45, 7) is 3.72. The lowest BCUT2D eigenvalue weighted by atomic mass is 10.1. The van der Waals surface area contributed by atoms with Crippen LogP contribution in [0.1, 0.15) is 37.8 Å². The molecule has 0 aromatic heterocycles. The quantitative estimate of drug-likeness (QED) is 0.778. The molecule has 2 rings (SSSR count). The van der Waals surface area contributed by atoms with Crippen molar-refractivity contribution >= 4 is 11.8 Å². The van der Waals surface area contributed by atoms with Crippen LogP contribution in [0.4, 0.5) is 0 Å². The molecule has 0 saturated carbocycles. The predicted octanol–water partition coefficient (Wildman–Crippen LogP) is 3.64. The van der Waals surface area contributed by atoms with E-state index in [0.29, 0.717) is 6.04 Å². The Kier molecular flexibility index (Phi) is 6.54. The third-order valence-electron chi connectivity index (χ3n) is 3.45. The number of thioether (sulfide) groups is 1. The summed E-state index contributed by atoms with van der Waals surface area (Å²) < 4.78 is 11.4. The van der Waals surface area contributed by atoms with Crippen LogP contribution in [-0.2, 0) is 0 Å². The lowest BCUT2D eigenvalue weighted by molar-refractivity contribution is 0.297. The Morgan fingerprint density at radius 3 is 2.80 bits per heavy atom.